The molecule has 0 aliphatic rings. The van der Waals surface area contributed by atoms with Gasteiger partial charge in [-0.25, -0.2) is 4.98 Å². The number of hydrogen-bond donors (Lipinski definition) is 0. The van der Waals surface area contributed by atoms with Crippen molar-refractivity contribution in [3.63, 3.8) is 0 Å². The molecule has 0 aliphatic carbocycles. The van der Waals surface area contributed by atoms with E-state index in [1.54, 1.807) is 0 Å². The summed E-state index contributed by atoms with van der Waals surface area (Å²) in [6.07, 6.45) is 1.91. The number of hydrogen-bond acceptors (Lipinski definition) is 2. The minimum atomic E-state index is 0.866. The van der Waals surface area contributed by atoms with Crippen LogP contribution in [0.2, 0.25) is 0 Å². The Morgan fingerprint density at radius 3 is 1.62 bits per heavy atom. The van der Waals surface area contributed by atoms with Crippen molar-refractivity contribution in [1.82, 2.24) is 14.5 Å². The highest BCUT2D eigenvalue weighted by Crippen LogP contribution is 2.39. The number of aromatic nitrogens is 3. The van der Waals surface area contributed by atoms with Gasteiger partial charge in [-0.3, -0.25) is 4.98 Å². The van der Waals surface area contributed by atoms with E-state index < -0.39 is 0 Å². The maximum Gasteiger partial charge on any atom is 0.0979 e. The van der Waals surface area contributed by atoms with Gasteiger partial charge in [0.25, 0.3) is 0 Å². The molecular formula is C52H33N3. The molecule has 11 aromatic rings. The van der Waals surface area contributed by atoms with Crippen LogP contribution < -0.4 is 0 Å². The first-order valence-corrected chi connectivity index (χ1v) is 18.7. The average Bonchev–Trinajstić information content (AvgIpc) is 3.60. The predicted molar refractivity (Wildman–Crippen MR) is 231 cm³/mol. The number of benzene rings is 9. The van der Waals surface area contributed by atoms with Gasteiger partial charge in [0.05, 0.1) is 34.0 Å². The molecule has 9 aromatic carbocycles. The minimum absolute atomic E-state index is 0.866. The lowest BCUT2D eigenvalue weighted by atomic mass is 9.92. The summed E-state index contributed by atoms with van der Waals surface area (Å²) < 4.78 is 2.38. The van der Waals surface area contributed by atoms with E-state index in [2.05, 4.69) is 199 Å². The van der Waals surface area contributed by atoms with Crippen LogP contribution in [0.4, 0.5) is 0 Å². The van der Waals surface area contributed by atoms with E-state index >= 15 is 0 Å². The van der Waals surface area contributed by atoms with Gasteiger partial charge in [-0.05, 0) is 74.5 Å². The van der Waals surface area contributed by atoms with Crippen LogP contribution in [0, 0.1) is 0 Å². The van der Waals surface area contributed by atoms with Gasteiger partial charge in [0, 0.05) is 32.8 Å². The zero-order valence-corrected chi connectivity index (χ0v) is 29.9. The molecule has 0 bridgehead atoms. The Balaban J connectivity index is 0.965. The first kappa shape index (κ1) is 31.2. The van der Waals surface area contributed by atoms with E-state index in [0.717, 1.165) is 44.3 Å². The molecule has 256 valence electrons. The third kappa shape index (κ3) is 5.13. The van der Waals surface area contributed by atoms with Gasteiger partial charge in [0.1, 0.15) is 0 Å². The Kier molecular flexibility index (Phi) is 7.17. The van der Waals surface area contributed by atoms with Gasteiger partial charge >= 0.3 is 0 Å². The summed E-state index contributed by atoms with van der Waals surface area (Å²) in [5, 5.41) is 7.16. The molecule has 0 fully saturated rings. The molecule has 0 spiro atoms. The predicted octanol–water partition coefficient (Wildman–Crippen LogP) is 13.7. The Hall–Kier alpha value is -7.36. The molecule has 0 amide bonds. The van der Waals surface area contributed by atoms with Crippen molar-refractivity contribution in [3.05, 3.63) is 200 Å². The van der Waals surface area contributed by atoms with Crippen LogP contribution in [0.3, 0.4) is 0 Å². The lowest BCUT2D eigenvalue weighted by Crippen LogP contribution is -1.93. The monoisotopic (exact) mass is 699 g/mol. The largest absolute Gasteiger partial charge is 0.309 e. The molecule has 0 aliphatic heterocycles. The second-order valence-corrected chi connectivity index (χ2v) is 14.2. The Labute approximate surface area is 318 Å². The van der Waals surface area contributed by atoms with E-state index in [4.69, 9.17) is 9.97 Å². The number of rotatable bonds is 5. The van der Waals surface area contributed by atoms with Gasteiger partial charge < -0.3 is 4.57 Å². The molecule has 0 unspecified atom stereocenters. The summed E-state index contributed by atoms with van der Waals surface area (Å²) in [6.45, 7) is 0. The fourth-order valence-corrected chi connectivity index (χ4v) is 8.44. The highest BCUT2D eigenvalue weighted by atomic mass is 15.0. The molecule has 3 heteroatoms. The van der Waals surface area contributed by atoms with Gasteiger partial charge in [0.2, 0.25) is 0 Å². The molecule has 0 saturated heterocycles. The summed E-state index contributed by atoms with van der Waals surface area (Å²) in [7, 11) is 0. The smallest absolute Gasteiger partial charge is 0.0979 e. The SMILES string of the molecule is c1ccc(-n2c3ccccc3c3ccc(-c4ccccc4-c4cccc(-c5ccc(-c6cnc7c8ccccc8c8ccccc8c7n6)cc5)c4)cc32)cc1. The minimum Gasteiger partial charge on any atom is -0.309 e. The van der Waals surface area contributed by atoms with Crippen LogP contribution in [0.25, 0.3) is 105 Å². The Bertz CT molecular complexity index is 3210. The van der Waals surface area contributed by atoms with Crippen LogP contribution in [0.15, 0.2) is 200 Å². The second-order valence-electron chi connectivity index (χ2n) is 14.2. The van der Waals surface area contributed by atoms with Crippen LogP contribution in [-0.4, -0.2) is 14.5 Å². The second kappa shape index (κ2) is 12.6. The highest BCUT2D eigenvalue weighted by Gasteiger charge is 2.16. The van der Waals surface area contributed by atoms with Crippen molar-refractivity contribution in [2.75, 3.05) is 0 Å². The topological polar surface area (TPSA) is 30.7 Å². The van der Waals surface area contributed by atoms with E-state index in [0.29, 0.717) is 0 Å². The van der Waals surface area contributed by atoms with E-state index in [9.17, 15) is 0 Å². The van der Waals surface area contributed by atoms with Gasteiger partial charge in [-0.15, -0.1) is 0 Å². The molecule has 2 heterocycles. The van der Waals surface area contributed by atoms with Crippen LogP contribution >= 0.6 is 0 Å². The Morgan fingerprint density at radius 2 is 0.873 bits per heavy atom. The normalized spacial score (nSPS) is 11.6. The van der Waals surface area contributed by atoms with Crippen molar-refractivity contribution in [2.24, 2.45) is 0 Å². The summed E-state index contributed by atoms with van der Waals surface area (Å²) in [6, 6.07) is 69.6. The lowest BCUT2D eigenvalue weighted by Gasteiger charge is -2.13. The molecule has 11 rings (SSSR count). The molecule has 3 nitrogen and oxygen atoms in total. The van der Waals surface area contributed by atoms with Gasteiger partial charge in [-0.1, -0.05) is 164 Å². The molecule has 0 saturated carbocycles. The maximum atomic E-state index is 5.21. The first-order chi connectivity index (χ1) is 27.3. The van der Waals surface area contributed by atoms with Crippen molar-refractivity contribution < 1.29 is 0 Å². The zero-order chi connectivity index (χ0) is 36.3. The van der Waals surface area contributed by atoms with Crippen LogP contribution in [-0.2, 0) is 0 Å². The molecule has 0 N–H and O–H groups in total. The van der Waals surface area contributed by atoms with Crippen molar-refractivity contribution in [2.45, 2.75) is 0 Å². The Morgan fingerprint density at radius 1 is 0.327 bits per heavy atom. The number of para-hydroxylation sites is 2. The standard InChI is InChI=1S/C52H33N3/c1-2-15-39(16-3-1)55-49-24-11-10-21-44(49)45-30-29-38(32-50(45)55)41-18-5-4-17-40(41)37-14-12-13-36(31-37)34-25-27-35(28-26-34)48-33-53-51-46-22-8-6-19-42(46)43-20-7-9-23-47(43)52(51)54-48/h1-33H. The van der Waals surface area contributed by atoms with Crippen molar-refractivity contribution in [3.8, 4) is 50.3 Å². The average molecular weight is 700 g/mol. The molecule has 0 atom stereocenters. The van der Waals surface area contributed by atoms with E-state index in [1.807, 2.05) is 6.20 Å². The number of fused-ring (bicyclic) bond motifs is 9. The van der Waals surface area contributed by atoms with E-state index in [-0.39, 0.29) is 0 Å². The summed E-state index contributed by atoms with van der Waals surface area (Å²) in [5.74, 6) is 0. The van der Waals surface area contributed by atoms with E-state index in [1.165, 1.54) is 60.4 Å². The fourth-order valence-electron chi connectivity index (χ4n) is 8.44. The summed E-state index contributed by atoms with van der Waals surface area (Å²) >= 11 is 0. The van der Waals surface area contributed by atoms with Gasteiger partial charge in [-0.2, -0.15) is 0 Å². The number of nitrogens with zero attached hydrogens (tertiary/aromatic N) is 3. The third-order valence-corrected chi connectivity index (χ3v) is 11.0. The molecule has 0 radical (unpaired) electrons. The molecule has 2 aromatic heterocycles. The quantitative estimate of drug-likeness (QED) is 0.167. The van der Waals surface area contributed by atoms with Crippen LogP contribution in [0.1, 0.15) is 0 Å². The van der Waals surface area contributed by atoms with Crippen LogP contribution in [0.5, 0.6) is 0 Å². The zero-order valence-electron chi connectivity index (χ0n) is 29.9. The van der Waals surface area contributed by atoms with Gasteiger partial charge in [0.15, 0.2) is 0 Å². The van der Waals surface area contributed by atoms with Crippen molar-refractivity contribution in [1.29, 1.82) is 0 Å². The summed E-state index contributed by atoms with van der Waals surface area (Å²) in [4.78, 5) is 10.2. The first-order valence-electron chi connectivity index (χ1n) is 18.7. The highest BCUT2D eigenvalue weighted by molar-refractivity contribution is 6.23. The summed E-state index contributed by atoms with van der Waals surface area (Å²) in [5.41, 5.74) is 14.4. The molecular weight excluding hydrogens is 667 g/mol. The third-order valence-electron chi connectivity index (χ3n) is 11.0. The maximum absolute atomic E-state index is 5.21. The van der Waals surface area contributed by atoms with Crippen molar-refractivity contribution >= 4 is 54.4 Å². The molecule has 55 heavy (non-hydrogen) atoms. The lowest BCUT2D eigenvalue weighted by molar-refractivity contribution is 1.18. The fraction of sp³-hybridized carbons (Fsp3) is 0.